The second-order valence-corrected chi connectivity index (χ2v) is 9.40. The lowest BCUT2D eigenvalue weighted by atomic mass is 9.86. The number of rotatable bonds is 12. The molecule has 0 radical (unpaired) electrons. The maximum Gasteiger partial charge on any atom is 0.127 e. The molecule has 5 rings (SSSR count). The van der Waals surface area contributed by atoms with Crippen LogP contribution in [0.3, 0.4) is 0 Å². The molecule has 0 aromatic heterocycles. The van der Waals surface area contributed by atoms with Gasteiger partial charge in [-0.25, -0.2) is 0 Å². The molecule has 0 spiro atoms. The number of benzene rings is 4. The van der Waals surface area contributed by atoms with Crippen LogP contribution in [0.15, 0.2) is 121 Å². The second-order valence-electron chi connectivity index (χ2n) is 9.40. The van der Waals surface area contributed by atoms with Crippen LogP contribution in [0.2, 0.25) is 0 Å². The van der Waals surface area contributed by atoms with E-state index in [9.17, 15) is 5.11 Å². The summed E-state index contributed by atoms with van der Waals surface area (Å²) >= 11 is 0. The van der Waals surface area contributed by atoms with Gasteiger partial charge in [-0.3, -0.25) is 4.90 Å². The Bertz CT molecular complexity index is 1090. The Morgan fingerprint density at radius 3 is 1.31 bits per heavy atom. The fourth-order valence-electron chi connectivity index (χ4n) is 4.83. The first kappa shape index (κ1) is 24.4. The van der Waals surface area contributed by atoms with Crippen molar-refractivity contribution in [3.8, 4) is 0 Å². The average molecular weight is 480 g/mol. The zero-order chi connectivity index (χ0) is 24.6. The third kappa shape index (κ3) is 5.92. The summed E-state index contributed by atoms with van der Waals surface area (Å²) in [6.45, 7) is 2.80. The predicted molar refractivity (Wildman–Crippen MR) is 142 cm³/mol. The van der Waals surface area contributed by atoms with Gasteiger partial charge in [-0.05, 0) is 22.3 Å². The van der Waals surface area contributed by atoms with Crippen molar-refractivity contribution in [2.45, 2.75) is 30.9 Å². The number of ether oxygens (including phenoxy) is 2. The quantitative estimate of drug-likeness (QED) is 0.276. The van der Waals surface area contributed by atoms with Crippen LogP contribution in [0.1, 0.15) is 22.3 Å². The third-order valence-corrected chi connectivity index (χ3v) is 6.92. The lowest BCUT2D eigenvalue weighted by Gasteiger charge is -2.30. The van der Waals surface area contributed by atoms with Crippen LogP contribution in [0.25, 0.3) is 0 Å². The van der Waals surface area contributed by atoms with Crippen LogP contribution in [-0.4, -0.2) is 41.8 Å². The van der Waals surface area contributed by atoms with E-state index in [0.717, 1.165) is 22.3 Å². The van der Waals surface area contributed by atoms with Gasteiger partial charge in [-0.1, -0.05) is 121 Å². The second kappa shape index (κ2) is 11.6. The van der Waals surface area contributed by atoms with E-state index in [2.05, 4.69) is 29.2 Å². The Balaban J connectivity index is 1.30. The molecule has 0 aliphatic carbocycles. The van der Waals surface area contributed by atoms with Gasteiger partial charge in [0.1, 0.15) is 5.60 Å². The lowest BCUT2D eigenvalue weighted by molar-refractivity contribution is 0.0490. The van der Waals surface area contributed by atoms with E-state index in [-0.39, 0.29) is 12.1 Å². The molecule has 2 atom stereocenters. The number of β-amino-alcohol motifs (C(OH)–C–C–N with tert-alkyl or cyclic N) is 1. The standard InChI is InChI=1S/C32H33NO3/c34-32(28-17-9-3-10-18-28,29-19-11-4-12-20-29)25-33-30(23-35-21-26-13-5-1-6-14-26)31(33)24-36-22-27-15-7-2-8-16-27/h1-20,30-31,34H,21-25H2/t30-,31-/m1/s1. The van der Waals surface area contributed by atoms with E-state index in [1.165, 1.54) is 0 Å². The van der Waals surface area contributed by atoms with Gasteiger partial charge in [-0.15, -0.1) is 0 Å². The highest BCUT2D eigenvalue weighted by Gasteiger charge is 2.51. The molecule has 4 aromatic carbocycles. The fourth-order valence-corrected chi connectivity index (χ4v) is 4.83. The Labute approximate surface area is 213 Å². The fraction of sp³-hybridized carbons (Fsp3) is 0.250. The number of hydrogen-bond acceptors (Lipinski definition) is 4. The van der Waals surface area contributed by atoms with E-state index in [1.54, 1.807) is 0 Å². The maximum atomic E-state index is 12.1. The molecular weight excluding hydrogens is 446 g/mol. The first-order chi connectivity index (χ1) is 17.7. The summed E-state index contributed by atoms with van der Waals surface area (Å²) in [6.07, 6.45) is 0. The van der Waals surface area contributed by atoms with Crippen LogP contribution in [0.5, 0.6) is 0 Å². The van der Waals surface area contributed by atoms with Crippen LogP contribution in [0, 0.1) is 0 Å². The van der Waals surface area contributed by atoms with Gasteiger partial charge >= 0.3 is 0 Å². The third-order valence-electron chi connectivity index (χ3n) is 6.92. The Morgan fingerprint density at radius 2 is 0.917 bits per heavy atom. The van der Waals surface area contributed by atoms with Crippen LogP contribution in [0.4, 0.5) is 0 Å². The smallest absolute Gasteiger partial charge is 0.127 e. The van der Waals surface area contributed by atoms with Crippen molar-refractivity contribution < 1.29 is 14.6 Å². The first-order valence-corrected chi connectivity index (χ1v) is 12.6. The molecule has 0 unspecified atom stereocenters. The van der Waals surface area contributed by atoms with Crippen molar-refractivity contribution >= 4 is 0 Å². The Morgan fingerprint density at radius 1 is 0.556 bits per heavy atom. The van der Waals surface area contributed by atoms with Gasteiger partial charge < -0.3 is 14.6 Å². The normalized spacial score (nSPS) is 19.2. The molecule has 1 saturated heterocycles. The van der Waals surface area contributed by atoms with Crippen molar-refractivity contribution in [1.82, 2.24) is 4.90 Å². The molecule has 1 aliphatic rings. The largest absolute Gasteiger partial charge is 0.379 e. The summed E-state index contributed by atoms with van der Waals surface area (Å²) in [4.78, 5) is 2.32. The summed E-state index contributed by atoms with van der Waals surface area (Å²) < 4.78 is 12.2. The van der Waals surface area contributed by atoms with E-state index in [4.69, 9.17) is 9.47 Å². The zero-order valence-corrected chi connectivity index (χ0v) is 20.4. The zero-order valence-electron chi connectivity index (χ0n) is 20.4. The van der Waals surface area contributed by atoms with Crippen molar-refractivity contribution in [3.05, 3.63) is 144 Å². The SMILES string of the molecule is OC(CN1[C@H](COCc2ccccc2)[C@H]1COCc1ccccc1)(c1ccccc1)c1ccccc1. The number of aliphatic hydroxyl groups is 1. The molecule has 0 saturated carbocycles. The maximum absolute atomic E-state index is 12.1. The van der Waals surface area contributed by atoms with Crippen molar-refractivity contribution in [2.75, 3.05) is 19.8 Å². The molecule has 4 nitrogen and oxygen atoms in total. The molecule has 184 valence electrons. The highest BCUT2D eigenvalue weighted by Crippen LogP contribution is 2.38. The van der Waals surface area contributed by atoms with Gasteiger partial charge in [0, 0.05) is 6.54 Å². The van der Waals surface area contributed by atoms with Crippen molar-refractivity contribution in [3.63, 3.8) is 0 Å². The first-order valence-electron chi connectivity index (χ1n) is 12.6. The van der Waals surface area contributed by atoms with Gasteiger partial charge in [0.05, 0.1) is 38.5 Å². The monoisotopic (exact) mass is 479 g/mol. The highest BCUT2D eigenvalue weighted by molar-refractivity contribution is 5.37. The van der Waals surface area contributed by atoms with E-state index < -0.39 is 5.60 Å². The minimum absolute atomic E-state index is 0.184. The van der Waals surface area contributed by atoms with Crippen LogP contribution >= 0.6 is 0 Å². The highest BCUT2D eigenvalue weighted by atomic mass is 16.5. The van der Waals surface area contributed by atoms with Crippen molar-refractivity contribution in [2.24, 2.45) is 0 Å². The number of hydrogen-bond donors (Lipinski definition) is 1. The summed E-state index contributed by atoms with van der Waals surface area (Å²) in [6, 6.07) is 40.7. The molecule has 1 fully saturated rings. The number of nitrogens with zero attached hydrogens (tertiary/aromatic N) is 1. The van der Waals surface area contributed by atoms with Crippen molar-refractivity contribution in [1.29, 1.82) is 0 Å². The minimum Gasteiger partial charge on any atom is -0.379 e. The topological polar surface area (TPSA) is 41.7 Å². The van der Waals surface area contributed by atoms with Gasteiger partial charge in [0.25, 0.3) is 0 Å². The molecule has 4 aromatic rings. The molecule has 0 amide bonds. The van der Waals surface area contributed by atoms with Gasteiger partial charge in [0.2, 0.25) is 0 Å². The molecular formula is C32H33NO3. The molecule has 0 bridgehead atoms. The molecule has 4 heteroatoms. The van der Waals surface area contributed by atoms with Gasteiger partial charge in [-0.2, -0.15) is 0 Å². The Kier molecular flexibility index (Phi) is 7.89. The minimum atomic E-state index is -1.13. The summed E-state index contributed by atoms with van der Waals surface area (Å²) in [5, 5.41) is 12.1. The van der Waals surface area contributed by atoms with E-state index in [1.807, 2.05) is 97.1 Å². The molecule has 36 heavy (non-hydrogen) atoms. The summed E-state index contributed by atoms with van der Waals surface area (Å²) in [7, 11) is 0. The van der Waals surface area contributed by atoms with Gasteiger partial charge in [0.15, 0.2) is 0 Å². The van der Waals surface area contributed by atoms with Crippen LogP contribution < -0.4 is 0 Å². The molecule has 1 aliphatic heterocycles. The van der Waals surface area contributed by atoms with E-state index >= 15 is 0 Å². The lowest BCUT2D eigenvalue weighted by Crippen LogP contribution is -2.36. The summed E-state index contributed by atoms with van der Waals surface area (Å²) in [5.74, 6) is 0. The molecule has 1 heterocycles. The predicted octanol–water partition coefficient (Wildman–Crippen LogP) is 5.41. The molecule has 1 N–H and O–H groups in total. The van der Waals surface area contributed by atoms with Crippen LogP contribution in [-0.2, 0) is 28.3 Å². The Hall–Kier alpha value is -3.28. The summed E-state index contributed by atoms with van der Waals surface area (Å²) in [5.41, 5.74) is 2.96. The van der Waals surface area contributed by atoms with E-state index in [0.29, 0.717) is 33.0 Å². The average Bonchev–Trinajstić information content (AvgIpc) is 3.60.